The van der Waals surface area contributed by atoms with Gasteiger partial charge in [-0.15, -0.1) is 0 Å². The van der Waals surface area contributed by atoms with E-state index in [1.54, 1.807) is 18.3 Å². The van der Waals surface area contributed by atoms with E-state index in [0.717, 1.165) is 40.6 Å². The molecule has 1 aromatic heterocycles. The summed E-state index contributed by atoms with van der Waals surface area (Å²) in [6.07, 6.45) is 3.90. The number of rotatable bonds is 5. The Balaban J connectivity index is 1.59. The van der Waals surface area contributed by atoms with Crippen molar-refractivity contribution in [3.8, 4) is 5.75 Å². The molecule has 1 aliphatic heterocycles. The van der Waals surface area contributed by atoms with Crippen LogP contribution in [0.2, 0.25) is 0 Å². The third kappa shape index (κ3) is 3.86. The van der Waals surface area contributed by atoms with Gasteiger partial charge in [0, 0.05) is 23.6 Å². The van der Waals surface area contributed by atoms with Crippen molar-refractivity contribution in [1.29, 1.82) is 0 Å². The van der Waals surface area contributed by atoms with Gasteiger partial charge in [0.25, 0.3) is 0 Å². The zero-order chi connectivity index (χ0) is 20.6. The summed E-state index contributed by atoms with van der Waals surface area (Å²) in [6.45, 7) is 6.76. The summed E-state index contributed by atoms with van der Waals surface area (Å²) in [4.78, 5) is 4.42. The number of halogens is 1. The number of aliphatic hydroxyl groups is 1. The van der Waals surface area contributed by atoms with Crippen LogP contribution in [0.15, 0.2) is 54.7 Å². The summed E-state index contributed by atoms with van der Waals surface area (Å²) in [5, 5.41) is 12.5. The Bertz CT molecular complexity index is 1030. The summed E-state index contributed by atoms with van der Waals surface area (Å²) < 4.78 is 19.7. The second-order valence-electron chi connectivity index (χ2n) is 8.93. The molecule has 0 radical (unpaired) electrons. The quantitative estimate of drug-likeness (QED) is 0.628. The van der Waals surface area contributed by atoms with Crippen molar-refractivity contribution in [2.24, 2.45) is 5.92 Å². The van der Waals surface area contributed by atoms with E-state index in [9.17, 15) is 9.50 Å². The molecule has 0 bridgehead atoms. The lowest BCUT2D eigenvalue weighted by Gasteiger charge is -2.41. The van der Waals surface area contributed by atoms with Crippen LogP contribution in [-0.4, -0.2) is 22.3 Å². The van der Waals surface area contributed by atoms with Crippen LogP contribution < -0.4 is 4.74 Å². The summed E-state index contributed by atoms with van der Waals surface area (Å²) in [5.74, 6) is 0.518. The molecule has 0 amide bonds. The van der Waals surface area contributed by atoms with Gasteiger partial charge in [0.1, 0.15) is 11.6 Å². The minimum Gasteiger partial charge on any atom is -0.493 e. The number of benzene rings is 2. The lowest BCUT2D eigenvalue weighted by atomic mass is 9.68. The molecule has 1 aliphatic rings. The van der Waals surface area contributed by atoms with Crippen LogP contribution in [0, 0.1) is 11.7 Å². The molecule has 0 spiro atoms. The number of hydrogen-bond donors (Lipinski definition) is 1. The topological polar surface area (TPSA) is 42.4 Å². The molecule has 2 aromatic carbocycles. The van der Waals surface area contributed by atoms with Crippen LogP contribution in [0.4, 0.5) is 4.39 Å². The van der Waals surface area contributed by atoms with Gasteiger partial charge in [-0.3, -0.25) is 4.98 Å². The van der Waals surface area contributed by atoms with Gasteiger partial charge in [-0.2, -0.15) is 0 Å². The van der Waals surface area contributed by atoms with Crippen molar-refractivity contribution in [2.45, 2.75) is 51.0 Å². The van der Waals surface area contributed by atoms with Crippen LogP contribution in [0.5, 0.6) is 5.75 Å². The van der Waals surface area contributed by atoms with E-state index < -0.39 is 5.60 Å². The van der Waals surface area contributed by atoms with Gasteiger partial charge >= 0.3 is 0 Å². The normalized spacial score (nSPS) is 21.8. The predicted octanol–water partition coefficient (Wildman–Crippen LogP) is 5.43. The number of ether oxygens (including phenoxy) is 1. The first-order valence-corrected chi connectivity index (χ1v) is 10.3. The van der Waals surface area contributed by atoms with Gasteiger partial charge in [-0.1, -0.05) is 32.0 Å². The SMILES string of the molecule is CC(CC1(C)CCOc2ccc(F)cc21)C(C)(O)Cc1ccnc2ccccc12. The van der Waals surface area contributed by atoms with Crippen LogP contribution in [-0.2, 0) is 11.8 Å². The standard InChI is InChI=1S/C25H28FNO2/c1-17(15-24(2)11-13-29-23-9-8-19(26)14-21(23)24)25(3,28)16-18-10-12-27-22-7-5-4-6-20(18)22/h4-10,12,14,17,28H,11,13,15-16H2,1-3H3. The molecule has 2 heterocycles. The number of nitrogens with zero attached hydrogens (tertiary/aromatic N) is 1. The molecule has 0 saturated carbocycles. The number of pyridine rings is 1. The molecule has 29 heavy (non-hydrogen) atoms. The van der Waals surface area contributed by atoms with Crippen LogP contribution >= 0.6 is 0 Å². The van der Waals surface area contributed by atoms with E-state index in [0.29, 0.717) is 13.0 Å². The highest BCUT2D eigenvalue weighted by atomic mass is 19.1. The molecule has 1 N–H and O–H groups in total. The molecular formula is C25H28FNO2. The lowest BCUT2D eigenvalue weighted by Crippen LogP contribution is -2.41. The van der Waals surface area contributed by atoms with E-state index in [1.807, 2.05) is 31.2 Å². The molecule has 3 unspecified atom stereocenters. The zero-order valence-corrected chi connectivity index (χ0v) is 17.3. The summed E-state index contributed by atoms with van der Waals surface area (Å²) in [5.41, 5.74) is 1.80. The van der Waals surface area contributed by atoms with Crippen molar-refractivity contribution in [2.75, 3.05) is 6.61 Å². The van der Waals surface area contributed by atoms with Gasteiger partial charge in [0.05, 0.1) is 17.7 Å². The number of para-hydroxylation sites is 1. The molecule has 4 heteroatoms. The van der Waals surface area contributed by atoms with Crippen molar-refractivity contribution in [3.05, 3.63) is 71.7 Å². The van der Waals surface area contributed by atoms with E-state index in [2.05, 4.69) is 24.9 Å². The Morgan fingerprint density at radius 1 is 1.24 bits per heavy atom. The second-order valence-corrected chi connectivity index (χ2v) is 8.93. The fraction of sp³-hybridized carbons (Fsp3) is 0.400. The minimum atomic E-state index is -0.904. The van der Waals surface area contributed by atoms with Gasteiger partial charge in [-0.25, -0.2) is 4.39 Å². The molecule has 0 aliphatic carbocycles. The first-order valence-electron chi connectivity index (χ1n) is 10.3. The Labute approximate surface area is 171 Å². The largest absolute Gasteiger partial charge is 0.493 e. The van der Waals surface area contributed by atoms with E-state index in [1.165, 1.54) is 6.07 Å². The van der Waals surface area contributed by atoms with Crippen LogP contribution in [0.1, 0.15) is 44.7 Å². The third-order valence-corrected chi connectivity index (χ3v) is 6.61. The number of aromatic nitrogens is 1. The molecule has 3 nitrogen and oxygen atoms in total. The average Bonchev–Trinajstić information content (AvgIpc) is 2.69. The average molecular weight is 394 g/mol. The zero-order valence-electron chi connectivity index (χ0n) is 17.3. The molecule has 152 valence electrons. The highest BCUT2D eigenvalue weighted by Gasteiger charge is 2.39. The maximum absolute atomic E-state index is 13.9. The van der Waals surface area contributed by atoms with Crippen LogP contribution in [0.3, 0.4) is 0 Å². The van der Waals surface area contributed by atoms with Gasteiger partial charge in [0.15, 0.2) is 0 Å². The van der Waals surface area contributed by atoms with E-state index in [-0.39, 0.29) is 17.2 Å². The fourth-order valence-electron chi connectivity index (χ4n) is 4.60. The lowest BCUT2D eigenvalue weighted by molar-refractivity contribution is -0.00787. The fourth-order valence-corrected chi connectivity index (χ4v) is 4.60. The molecule has 3 atom stereocenters. The minimum absolute atomic E-state index is 0.00800. The van der Waals surface area contributed by atoms with Gasteiger partial charge in [-0.05, 0) is 67.0 Å². The van der Waals surface area contributed by atoms with Gasteiger partial charge < -0.3 is 9.84 Å². The summed E-state index contributed by atoms with van der Waals surface area (Å²) >= 11 is 0. The predicted molar refractivity (Wildman–Crippen MR) is 114 cm³/mol. The van der Waals surface area contributed by atoms with Gasteiger partial charge in [0.2, 0.25) is 0 Å². The van der Waals surface area contributed by atoms with Crippen molar-refractivity contribution in [3.63, 3.8) is 0 Å². The maximum atomic E-state index is 13.9. The monoisotopic (exact) mass is 393 g/mol. The smallest absolute Gasteiger partial charge is 0.123 e. The molecule has 3 aromatic rings. The molecule has 0 saturated heterocycles. The maximum Gasteiger partial charge on any atom is 0.123 e. The Hall–Kier alpha value is -2.46. The first-order chi connectivity index (χ1) is 13.8. The Morgan fingerprint density at radius 2 is 2.03 bits per heavy atom. The Kier molecular flexibility index (Phi) is 5.07. The Morgan fingerprint density at radius 3 is 2.86 bits per heavy atom. The molecule has 4 rings (SSSR count). The van der Waals surface area contributed by atoms with Crippen molar-refractivity contribution < 1.29 is 14.2 Å². The van der Waals surface area contributed by atoms with E-state index >= 15 is 0 Å². The van der Waals surface area contributed by atoms with E-state index in [4.69, 9.17) is 4.74 Å². The third-order valence-electron chi connectivity index (χ3n) is 6.61. The second kappa shape index (κ2) is 7.42. The molecule has 0 fully saturated rings. The number of fused-ring (bicyclic) bond motifs is 2. The van der Waals surface area contributed by atoms with Crippen molar-refractivity contribution >= 4 is 10.9 Å². The summed E-state index contributed by atoms with van der Waals surface area (Å²) in [7, 11) is 0. The highest BCUT2D eigenvalue weighted by Crippen LogP contribution is 2.45. The van der Waals surface area contributed by atoms with Crippen molar-refractivity contribution in [1.82, 2.24) is 4.98 Å². The van der Waals surface area contributed by atoms with Crippen LogP contribution in [0.25, 0.3) is 10.9 Å². The highest BCUT2D eigenvalue weighted by molar-refractivity contribution is 5.81. The number of hydrogen-bond acceptors (Lipinski definition) is 3. The molecular weight excluding hydrogens is 365 g/mol. The summed E-state index contributed by atoms with van der Waals surface area (Å²) in [6, 6.07) is 14.8. The first kappa shape index (κ1) is 19.8.